The number of carbonyl (C=O) groups excluding carboxylic acids is 1. The highest BCUT2D eigenvalue weighted by molar-refractivity contribution is 7.45. The third-order valence-corrected chi connectivity index (χ3v) is 16.7. The molecule has 0 heterocycles. The second-order valence-electron chi connectivity index (χ2n) is 24.5. The average Bonchev–Trinajstić information content (AvgIpc) is 3.37. The van der Waals surface area contributed by atoms with E-state index >= 15 is 0 Å². The summed E-state index contributed by atoms with van der Waals surface area (Å²) in [4.78, 5) is 25.6. The number of phosphoric ester groups is 1. The molecule has 0 aromatic carbocycles. The first-order chi connectivity index (χ1) is 36.5. The van der Waals surface area contributed by atoms with Gasteiger partial charge in [0.2, 0.25) is 5.91 Å². The molecule has 3 unspecified atom stereocenters. The maximum atomic E-state index is 13.0. The second kappa shape index (κ2) is 57.9. The zero-order chi connectivity index (χ0) is 54.9. The van der Waals surface area contributed by atoms with Gasteiger partial charge < -0.3 is 28.8 Å². The van der Waals surface area contributed by atoms with Crippen LogP contribution in [0.15, 0.2) is 12.2 Å². The summed E-state index contributed by atoms with van der Waals surface area (Å²) in [6.07, 6.45) is 72.8. The molecular formula is C66H133N2O6P. The van der Waals surface area contributed by atoms with Gasteiger partial charge >= 0.3 is 0 Å². The topological polar surface area (TPSA) is 108 Å². The van der Waals surface area contributed by atoms with Crippen LogP contribution in [-0.4, -0.2) is 68.5 Å². The molecule has 0 bridgehead atoms. The summed E-state index contributed by atoms with van der Waals surface area (Å²) < 4.78 is 23.5. The molecule has 0 saturated heterocycles. The molecule has 0 saturated carbocycles. The van der Waals surface area contributed by atoms with E-state index in [4.69, 9.17) is 9.05 Å². The normalized spacial score (nSPS) is 13.7. The van der Waals surface area contributed by atoms with Crippen molar-refractivity contribution in [2.75, 3.05) is 40.9 Å². The van der Waals surface area contributed by atoms with Gasteiger partial charge in [-0.05, 0) is 38.5 Å². The van der Waals surface area contributed by atoms with Crippen LogP contribution in [0.25, 0.3) is 0 Å². The lowest BCUT2D eigenvalue weighted by Gasteiger charge is -2.30. The zero-order valence-electron chi connectivity index (χ0n) is 51.3. The molecule has 2 N–H and O–H groups in total. The Balaban J connectivity index is 4.01. The van der Waals surface area contributed by atoms with Gasteiger partial charge in [-0.25, -0.2) is 0 Å². The average molecular weight is 1080 g/mol. The number of hydrogen-bond donors (Lipinski definition) is 2. The lowest BCUT2D eigenvalue weighted by atomic mass is 10.0. The summed E-state index contributed by atoms with van der Waals surface area (Å²) in [7, 11) is 1.32. The number of aliphatic hydroxyl groups is 1. The molecule has 8 nitrogen and oxygen atoms in total. The first-order valence-corrected chi connectivity index (χ1v) is 35.0. The summed E-state index contributed by atoms with van der Waals surface area (Å²) in [6, 6.07) is -0.798. The van der Waals surface area contributed by atoms with Crippen LogP contribution in [0, 0.1) is 0 Å². The Hall–Kier alpha value is -0.760. The number of unbranched alkanes of at least 4 members (excludes halogenated alkanes) is 48. The van der Waals surface area contributed by atoms with Crippen LogP contribution >= 0.6 is 7.82 Å². The summed E-state index contributed by atoms with van der Waals surface area (Å²) in [5, 5.41) is 14.1. The van der Waals surface area contributed by atoms with Crippen molar-refractivity contribution >= 4 is 13.7 Å². The van der Waals surface area contributed by atoms with Crippen molar-refractivity contribution < 1.29 is 32.9 Å². The lowest BCUT2D eigenvalue weighted by molar-refractivity contribution is -0.870. The van der Waals surface area contributed by atoms with Gasteiger partial charge in [0.05, 0.1) is 39.9 Å². The van der Waals surface area contributed by atoms with E-state index in [1.54, 1.807) is 0 Å². The SMILES string of the molecule is CCCCCCCCCCCCCC/C=C\CCCCCCCCCCCCCCCCCC(=O)NC(COP(=O)([O-])OCC[N+](C)(C)C)C(O)CCCCCCCCCCCCCCCCCCCCCCCC. The fraction of sp³-hybridized carbons (Fsp3) is 0.955. The molecule has 0 radical (unpaired) electrons. The molecule has 9 heteroatoms. The van der Waals surface area contributed by atoms with Crippen molar-refractivity contribution in [3.63, 3.8) is 0 Å². The minimum absolute atomic E-state index is 0.0155. The number of quaternary nitrogens is 1. The van der Waals surface area contributed by atoms with Crippen molar-refractivity contribution in [2.45, 2.75) is 366 Å². The number of carbonyl (C=O) groups is 1. The van der Waals surface area contributed by atoms with Crippen molar-refractivity contribution in [3.05, 3.63) is 12.2 Å². The van der Waals surface area contributed by atoms with E-state index in [1.807, 2.05) is 21.1 Å². The molecule has 3 atom stereocenters. The van der Waals surface area contributed by atoms with E-state index in [2.05, 4.69) is 31.3 Å². The van der Waals surface area contributed by atoms with Gasteiger partial charge in [0.25, 0.3) is 7.82 Å². The van der Waals surface area contributed by atoms with E-state index < -0.39 is 20.0 Å². The predicted molar refractivity (Wildman–Crippen MR) is 326 cm³/mol. The Kier molecular flexibility index (Phi) is 57.3. The summed E-state index contributed by atoms with van der Waals surface area (Å²) in [5.74, 6) is -0.157. The number of nitrogens with zero attached hydrogens (tertiary/aromatic N) is 1. The minimum atomic E-state index is -4.57. The Morgan fingerprint density at radius 1 is 0.453 bits per heavy atom. The highest BCUT2D eigenvalue weighted by atomic mass is 31.2. The number of allylic oxidation sites excluding steroid dienone is 2. The molecule has 1 amide bonds. The molecular weight excluding hydrogens is 948 g/mol. The van der Waals surface area contributed by atoms with Crippen molar-refractivity contribution in [3.8, 4) is 0 Å². The van der Waals surface area contributed by atoms with Gasteiger partial charge in [-0.2, -0.15) is 0 Å². The molecule has 0 aliphatic heterocycles. The first-order valence-electron chi connectivity index (χ1n) is 33.5. The maximum Gasteiger partial charge on any atom is 0.268 e. The Labute approximate surface area is 469 Å². The van der Waals surface area contributed by atoms with E-state index in [0.717, 1.165) is 38.5 Å². The summed E-state index contributed by atoms with van der Waals surface area (Å²) in [5.41, 5.74) is 0. The van der Waals surface area contributed by atoms with Gasteiger partial charge in [-0.3, -0.25) is 9.36 Å². The minimum Gasteiger partial charge on any atom is -0.756 e. The third kappa shape index (κ3) is 60.7. The van der Waals surface area contributed by atoms with Crippen LogP contribution in [0.4, 0.5) is 0 Å². The Morgan fingerprint density at radius 3 is 1.04 bits per heavy atom. The van der Waals surface area contributed by atoms with Crippen molar-refractivity contribution in [1.82, 2.24) is 5.32 Å². The molecule has 0 fully saturated rings. The molecule has 0 rings (SSSR count). The van der Waals surface area contributed by atoms with E-state index in [0.29, 0.717) is 23.9 Å². The number of aliphatic hydroxyl groups excluding tert-OH is 1. The van der Waals surface area contributed by atoms with Crippen LogP contribution in [0.1, 0.15) is 354 Å². The van der Waals surface area contributed by atoms with Crippen molar-refractivity contribution in [2.24, 2.45) is 0 Å². The number of amides is 1. The van der Waals surface area contributed by atoms with Gasteiger partial charge in [0, 0.05) is 6.42 Å². The number of likely N-dealkylation sites (N-methyl/N-ethyl adjacent to an activating group) is 1. The lowest BCUT2D eigenvalue weighted by Crippen LogP contribution is -2.46. The molecule has 0 aromatic heterocycles. The molecule has 0 aromatic rings. The monoisotopic (exact) mass is 1080 g/mol. The molecule has 448 valence electrons. The van der Waals surface area contributed by atoms with Crippen LogP contribution in [0.5, 0.6) is 0 Å². The molecule has 0 spiro atoms. The standard InChI is InChI=1S/C66H133N2O6P/c1-6-8-10-12-14-16-18-20-22-24-26-28-30-31-32-33-34-35-36-37-38-40-42-44-46-48-50-52-54-56-58-60-66(70)67-64(63-74-75(71,72)73-62-61-68(3,4)5)65(69)59-57-55-53-51-49-47-45-43-41-39-29-27-25-23-21-19-17-15-13-11-9-7-2/h31-32,64-65,69H,6-30,33-63H2,1-5H3,(H-,67,70,71,72)/b32-31-. The quantitative estimate of drug-likeness (QED) is 0.0272. The van der Waals surface area contributed by atoms with E-state index in [9.17, 15) is 19.4 Å². The first kappa shape index (κ1) is 74.2. The number of phosphoric acid groups is 1. The largest absolute Gasteiger partial charge is 0.756 e. The molecule has 0 aliphatic rings. The second-order valence-corrected chi connectivity index (χ2v) is 25.9. The fourth-order valence-electron chi connectivity index (χ4n) is 10.5. The van der Waals surface area contributed by atoms with Gasteiger partial charge in [0.15, 0.2) is 0 Å². The van der Waals surface area contributed by atoms with Crippen LogP contribution < -0.4 is 10.2 Å². The number of rotatable bonds is 63. The van der Waals surface area contributed by atoms with Gasteiger partial charge in [-0.15, -0.1) is 0 Å². The highest BCUT2D eigenvalue weighted by Gasteiger charge is 2.24. The van der Waals surface area contributed by atoms with Gasteiger partial charge in [-0.1, -0.05) is 321 Å². The molecule has 0 aliphatic carbocycles. The molecule has 75 heavy (non-hydrogen) atoms. The zero-order valence-corrected chi connectivity index (χ0v) is 52.2. The van der Waals surface area contributed by atoms with Crippen molar-refractivity contribution in [1.29, 1.82) is 0 Å². The fourth-order valence-corrected chi connectivity index (χ4v) is 11.2. The highest BCUT2D eigenvalue weighted by Crippen LogP contribution is 2.38. The van der Waals surface area contributed by atoms with Gasteiger partial charge in [0.1, 0.15) is 13.2 Å². The van der Waals surface area contributed by atoms with E-state index in [-0.39, 0.29) is 19.1 Å². The van der Waals surface area contributed by atoms with E-state index in [1.165, 1.54) is 289 Å². The number of hydrogen-bond acceptors (Lipinski definition) is 6. The van der Waals surface area contributed by atoms with Crippen LogP contribution in [0.2, 0.25) is 0 Å². The van der Waals surface area contributed by atoms with Crippen LogP contribution in [0.3, 0.4) is 0 Å². The Bertz CT molecular complexity index is 1230. The maximum absolute atomic E-state index is 13.0. The predicted octanol–water partition coefficient (Wildman–Crippen LogP) is 20.3. The summed E-state index contributed by atoms with van der Waals surface area (Å²) >= 11 is 0. The third-order valence-electron chi connectivity index (χ3n) is 15.8. The summed E-state index contributed by atoms with van der Waals surface area (Å²) in [6.45, 7) is 4.79. The van der Waals surface area contributed by atoms with Crippen LogP contribution in [-0.2, 0) is 18.4 Å². The number of nitrogens with one attached hydrogen (secondary N) is 1. The Morgan fingerprint density at radius 2 is 0.733 bits per heavy atom. The smallest absolute Gasteiger partial charge is 0.268 e.